The summed E-state index contributed by atoms with van der Waals surface area (Å²) in [5.74, 6) is 0.655. The van der Waals surface area contributed by atoms with Crippen molar-refractivity contribution in [3.05, 3.63) is 45.1 Å². The van der Waals surface area contributed by atoms with Crippen molar-refractivity contribution in [3.8, 4) is 0 Å². The summed E-state index contributed by atoms with van der Waals surface area (Å²) in [5.41, 5.74) is 3.54. The number of aryl methyl sites for hydroxylation is 2. The van der Waals surface area contributed by atoms with Crippen LogP contribution >= 0.6 is 22.9 Å². The molecule has 0 bridgehead atoms. The highest BCUT2D eigenvalue weighted by molar-refractivity contribution is 7.16. The Morgan fingerprint density at radius 2 is 2.12 bits per heavy atom. The first kappa shape index (κ1) is 17.4. The van der Waals surface area contributed by atoms with Gasteiger partial charge in [0.15, 0.2) is 0 Å². The van der Waals surface area contributed by atoms with Gasteiger partial charge in [-0.2, -0.15) is 0 Å². The molecule has 0 N–H and O–H groups in total. The van der Waals surface area contributed by atoms with Gasteiger partial charge in [0.05, 0.1) is 15.8 Å². The van der Waals surface area contributed by atoms with Crippen molar-refractivity contribution in [1.29, 1.82) is 0 Å². The van der Waals surface area contributed by atoms with Gasteiger partial charge in [0.25, 0.3) is 0 Å². The predicted octanol–water partition coefficient (Wildman–Crippen LogP) is 4.71. The van der Waals surface area contributed by atoms with Gasteiger partial charge in [-0.3, -0.25) is 9.79 Å². The largest absolute Gasteiger partial charge is 0.307 e. The topological polar surface area (TPSA) is 34.4 Å². The van der Waals surface area contributed by atoms with Crippen LogP contribution in [-0.2, 0) is 13.5 Å². The Labute approximate surface area is 151 Å². The first-order chi connectivity index (χ1) is 11.5. The molecule has 1 aromatic heterocycles. The van der Waals surface area contributed by atoms with Crippen molar-refractivity contribution < 1.29 is 0 Å². The maximum absolute atomic E-state index is 11.7. The maximum atomic E-state index is 11.7. The third-order valence-electron chi connectivity index (χ3n) is 4.66. The fourth-order valence-electron chi connectivity index (χ4n) is 3.23. The number of rotatable bonds is 7. The van der Waals surface area contributed by atoms with Crippen molar-refractivity contribution in [1.82, 2.24) is 4.57 Å². The van der Waals surface area contributed by atoms with E-state index in [2.05, 4.69) is 36.2 Å². The molecule has 1 atom stereocenters. The van der Waals surface area contributed by atoms with E-state index >= 15 is 0 Å². The normalized spacial score (nSPS) is 20.0. The summed E-state index contributed by atoms with van der Waals surface area (Å²) in [6.07, 6.45) is 9.54. The van der Waals surface area contributed by atoms with Gasteiger partial charge in [-0.25, -0.2) is 0 Å². The molecule has 0 amide bonds. The number of halogens is 1. The molecular formula is C19H23ClN2OS. The molecule has 5 heteroatoms. The Morgan fingerprint density at radius 3 is 2.92 bits per heavy atom. The smallest absolute Gasteiger partial charge is 0.302 e. The van der Waals surface area contributed by atoms with Crippen molar-refractivity contribution in [2.45, 2.75) is 44.6 Å². The number of hydrogen-bond donors (Lipinski definition) is 0. The lowest BCUT2D eigenvalue weighted by Crippen LogP contribution is -2.16. The monoisotopic (exact) mass is 362 g/mol. The van der Waals surface area contributed by atoms with Gasteiger partial charge >= 0.3 is 4.87 Å². The Balaban J connectivity index is 1.54. The van der Waals surface area contributed by atoms with Crippen LogP contribution in [0.2, 0.25) is 0 Å². The molecule has 3 nitrogen and oxygen atoms in total. The third-order valence-corrected chi connectivity index (χ3v) is 5.84. The van der Waals surface area contributed by atoms with Crippen molar-refractivity contribution in [2.24, 2.45) is 12.0 Å². The number of alkyl halides is 1. The zero-order valence-corrected chi connectivity index (χ0v) is 15.8. The third kappa shape index (κ3) is 3.81. The average Bonchev–Trinajstić information content (AvgIpc) is 3.05. The standard InChI is InChI=1S/C19H23ClN2OS/c1-19(12-15(8-10-20)13-21-19)9-4-3-5-14-6-7-16-17(11-14)24-18(23)22(16)2/h6-7,11-13H,3-5,8-10H2,1-2H3. The molecule has 0 saturated carbocycles. The zero-order chi connectivity index (χ0) is 17.2. The number of aliphatic imine (C=N–C) groups is 1. The summed E-state index contributed by atoms with van der Waals surface area (Å²) in [6.45, 7) is 2.19. The highest BCUT2D eigenvalue weighted by atomic mass is 35.5. The summed E-state index contributed by atoms with van der Waals surface area (Å²) < 4.78 is 2.80. The number of thiazole rings is 1. The Morgan fingerprint density at radius 1 is 1.29 bits per heavy atom. The van der Waals surface area contributed by atoms with E-state index < -0.39 is 0 Å². The molecule has 1 aromatic carbocycles. The van der Waals surface area contributed by atoms with Crippen LogP contribution in [0, 0.1) is 0 Å². The molecule has 1 unspecified atom stereocenters. The minimum atomic E-state index is -0.0513. The Bertz CT molecular complexity index is 849. The SMILES string of the molecule is Cn1c(=O)sc2cc(CCCCC3(C)C=C(CCCl)C=N3)ccc21. The first-order valence-corrected chi connectivity index (χ1v) is 9.77. The van der Waals surface area contributed by atoms with Crippen molar-refractivity contribution >= 4 is 39.4 Å². The Kier molecular flexibility index (Phi) is 5.26. The van der Waals surface area contributed by atoms with Crippen LogP contribution in [0.3, 0.4) is 0 Å². The van der Waals surface area contributed by atoms with Crippen LogP contribution in [0.5, 0.6) is 0 Å². The average molecular weight is 363 g/mol. The van der Waals surface area contributed by atoms with Gasteiger partial charge < -0.3 is 4.57 Å². The van der Waals surface area contributed by atoms with E-state index in [1.165, 1.54) is 22.5 Å². The van der Waals surface area contributed by atoms with Crippen LogP contribution in [0.25, 0.3) is 10.2 Å². The van der Waals surface area contributed by atoms with Gasteiger partial charge in [0.2, 0.25) is 0 Å². The fraction of sp³-hybridized carbons (Fsp3) is 0.474. The Hall–Kier alpha value is -1.39. The maximum Gasteiger partial charge on any atom is 0.307 e. The van der Waals surface area contributed by atoms with Crippen LogP contribution < -0.4 is 4.87 Å². The lowest BCUT2D eigenvalue weighted by molar-refractivity contribution is 0.507. The molecule has 1 aliphatic heterocycles. The van der Waals surface area contributed by atoms with E-state index in [9.17, 15) is 4.79 Å². The molecule has 128 valence electrons. The second-order valence-electron chi connectivity index (χ2n) is 6.71. The summed E-state index contributed by atoms with van der Waals surface area (Å²) in [7, 11) is 1.83. The first-order valence-electron chi connectivity index (χ1n) is 8.42. The summed E-state index contributed by atoms with van der Waals surface area (Å²) in [5, 5.41) is 0. The summed E-state index contributed by atoms with van der Waals surface area (Å²) >= 11 is 7.13. The number of fused-ring (bicyclic) bond motifs is 1. The quantitative estimate of drug-likeness (QED) is 0.518. The minimum absolute atomic E-state index is 0.0513. The number of aromatic nitrogens is 1. The second kappa shape index (κ2) is 7.24. The highest BCUT2D eigenvalue weighted by Gasteiger charge is 2.23. The summed E-state index contributed by atoms with van der Waals surface area (Å²) in [6, 6.07) is 6.37. The molecule has 0 aliphatic carbocycles. The van der Waals surface area contributed by atoms with Crippen LogP contribution in [0.4, 0.5) is 0 Å². The van der Waals surface area contributed by atoms with Gasteiger partial charge in [-0.15, -0.1) is 11.6 Å². The zero-order valence-electron chi connectivity index (χ0n) is 14.2. The number of nitrogens with zero attached hydrogens (tertiary/aromatic N) is 2. The molecule has 24 heavy (non-hydrogen) atoms. The molecule has 0 fully saturated rings. The van der Waals surface area contributed by atoms with Crippen LogP contribution in [0.15, 0.2) is 39.6 Å². The van der Waals surface area contributed by atoms with Gasteiger partial charge in [-0.05, 0) is 55.9 Å². The number of benzene rings is 1. The fourth-order valence-corrected chi connectivity index (χ4v) is 4.39. The number of hydrogen-bond acceptors (Lipinski definition) is 3. The molecule has 2 heterocycles. The second-order valence-corrected chi connectivity index (χ2v) is 8.08. The van der Waals surface area contributed by atoms with Gasteiger partial charge in [0.1, 0.15) is 0 Å². The van der Waals surface area contributed by atoms with Gasteiger partial charge in [0, 0.05) is 19.1 Å². The van der Waals surface area contributed by atoms with E-state index in [-0.39, 0.29) is 10.4 Å². The molecule has 1 aliphatic rings. The molecular weight excluding hydrogens is 340 g/mol. The lowest BCUT2D eigenvalue weighted by atomic mass is 9.93. The molecule has 0 saturated heterocycles. The summed E-state index contributed by atoms with van der Waals surface area (Å²) in [4.78, 5) is 16.5. The lowest BCUT2D eigenvalue weighted by Gasteiger charge is -2.18. The van der Waals surface area contributed by atoms with Crippen LogP contribution in [0.1, 0.15) is 38.2 Å². The number of allylic oxidation sites excluding steroid dienone is 1. The molecule has 2 aromatic rings. The van der Waals surface area contributed by atoms with E-state index in [1.54, 1.807) is 4.57 Å². The van der Waals surface area contributed by atoms with E-state index in [1.807, 2.05) is 13.3 Å². The van der Waals surface area contributed by atoms with E-state index in [0.717, 1.165) is 42.3 Å². The van der Waals surface area contributed by atoms with Crippen molar-refractivity contribution in [2.75, 3.05) is 5.88 Å². The van der Waals surface area contributed by atoms with E-state index in [0.29, 0.717) is 5.88 Å². The molecule has 3 rings (SSSR count). The molecule has 0 radical (unpaired) electrons. The van der Waals surface area contributed by atoms with Crippen molar-refractivity contribution in [3.63, 3.8) is 0 Å². The minimum Gasteiger partial charge on any atom is -0.302 e. The predicted molar refractivity (Wildman–Crippen MR) is 105 cm³/mol. The number of unbranched alkanes of at least 4 members (excludes halogenated alkanes) is 1. The highest BCUT2D eigenvalue weighted by Crippen LogP contribution is 2.28. The molecule has 0 spiro atoms. The van der Waals surface area contributed by atoms with Crippen LogP contribution in [-0.4, -0.2) is 22.2 Å². The van der Waals surface area contributed by atoms with Gasteiger partial charge in [-0.1, -0.05) is 29.9 Å². The van der Waals surface area contributed by atoms with E-state index in [4.69, 9.17) is 11.6 Å².